The molecular formula is C23H27FN4OS. The summed E-state index contributed by atoms with van der Waals surface area (Å²) in [4.78, 5) is 18.5. The number of thiophene rings is 1. The highest BCUT2D eigenvalue weighted by molar-refractivity contribution is 7.12. The molecule has 0 saturated carbocycles. The van der Waals surface area contributed by atoms with Gasteiger partial charge in [0, 0.05) is 66.7 Å². The van der Waals surface area contributed by atoms with E-state index in [4.69, 9.17) is 5.10 Å². The molecule has 7 heteroatoms. The Morgan fingerprint density at radius 3 is 2.67 bits per heavy atom. The van der Waals surface area contributed by atoms with Crippen LogP contribution in [0.4, 0.5) is 4.39 Å². The summed E-state index contributed by atoms with van der Waals surface area (Å²) in [5.74, 6) is -0.155. The van der Waals surface area contributed by atoms with Crippen molar-refractivity contribution in [1.29, 1.82) is 0 Å². The average Bonchev–Trinajstić information content (AvgIpc) is 3.16. The second-order valence-corrected chi connectivity index (χ2v) is 9.32. The highest BCUT2D eigenvalue weighted by atomic mass is 32.1. The molecule has 5 nitrogen and oxygen atoms in total. The number of hydrogen-bond acceptors (Lipinski definition) is 4. The Kier molecular flexibility index (Phi) is 6.01. The molecule has 1 aromatic carbocycles. The summed E-state index contributed by atoms with van der Waals surface area (Å²) < 4.78 is 16.1. The van der Waals surface area contributed by atoms with Crippen LogP contribution >= 0.6 is 11.3 Å². The summed E-state index contributed by atoms with van der Waals surface area (Å²) in [6.45, 7) is 9.85. The summed E-state index contributed by atoms with van der Waals surface area (Å²) >= 11 is 1.75. The lowest BCUT2D eigenvalue weighted by molar-refractivity contribution is -0.128. The van der Waals surface area contributed by atoms with Crippen LogP contribution in [0.5, 0.6) is 0 Å². The number of aromatic nitrogens is 2. The molecule has 0 atom stereocenters. The minimum absolute atomic E-state index is 0.134. The van der Waals surface area contributed by atoms with E-state index < -0.39 is 0 Å². The van der Waals surface area contributed by atoms with E-state index in [2.05, 4.69) is 24.8 Å². The molecule has 3 heterocycles. The van der Waals surface area contributed by atoms with Crippen molar-refractivity contribution in [2.75, 3.05) is 26.2 Å². The van der Waals surface area contributed by atoms with E-state index in [-0.39, 0.29) is 11.7 Å². The summed E-state index contributed by atoms with van der Waals surface area (Å²) in [6, 6.07) is 8.89. The highest BCUT2D eigenvalue weighted by Crippen LogP contribution is 2.33. The maximum absolute atomic E-state index is 14.4. The molecule has 1 fully saturated rings. The maximum atomic E-state index is 14.4. The third kappa shape index (κ3) is 4.32. The Hall–Kier alpha value is -2.51. The molecule has 0 radical (unpaired) electrons. The van der Waals surface area contributed by atoms with Crippen molar-refractivity contribution in [3.05, 3.63) is 57.7 Å². The smallest absolute Gasteiger partial charge is 0.219 e. The molecule has 4 rings (SSSR count). The van der Waals surface area contributed by atoms with E-state index in [1.54, 1.807) is 35.1 Å². The Bertz CT molecular complexity index is 1060. The predicted octanol–water partition coefficient (Wildman–Crippen LogP) is 4.41. The molecule has 0 aliphatic carbocycles. The van der Waals surface area contributed by atoms with Gasteiger partial charge in [0.1, 0.15) is 11.5 Å². The topological polar surface area (TPSA) is 41.4 Å². The lowest BCUT2D eigenvalue weighted by Crippen LogP contribution is -2.33. The number of hydrogen-bond donors (Lipinski definition) is 0. The normalized spacial score (nSPS) is 15.4. The molecule has 1 aliphatic rings. The number of benzene rings is 1. The minimum Gasteiger partial charge on any atom is -0.342 e. The van der Waals surface area contributed by atoms with E-state index in [1.165, 1.54) is 15.8 Å². The first-order valence-electron chi connectivity index (χ1n) is 10.3. The lowest BCUT2D eigenvalue weighted by Gasteiger charge is -2.21. The van der Waals surface area contributed by atoms with Crippen molar-refractivity contribution >= 4 is 17.2 Å². The van der Waals surface area contributed by atoms with Crippen LogP contribution in [0.1, 0.15) is 28.7 Å². The van der Waals surface area contributed by atoms with Crippen LogP contribution in [0.3, 0.4) is 0 Å². The standard InChI is InChI=1S/C23H27FN4OS/c1-16-13-20(17(2)30-16)23-19(14-26-9-6-10-27(12-11-26)18(3)29)15-28(25-23)22-8-5-4-7-21(22)24/h4-5,7-8,13,15H,6,9-12,14H2,1-3H3. The summed E-state index contributed by atoms with van der Waals surface area (Å²) in [6.07, 6.45) is 2.90. The van der Waals surface area contributed by atoms with Crippen molar-refractivity contribution in [2.24, 2.45) is 0 Å². The molecule has 1 amide bonds. The van der Waals surface area contributed by atoms with Gasteiger partial charge in [0.2, 0.25) is 5.91 Å². The largest absolute Gasteiger partial charge is 0.342 e. The van der Waals surface area contributed by atoms with Crippen LogP contribution in [0.15, 0.2) is 36.5 Å². The Balaban J connectivity index is 1.68. The van der Waals surface area contributed by atoms with Crippen molar-refractivity contribution in [3.63, 3.8) is 0 Å². The summed E-state index contributed by atoms with van der Waals surface area (Å²) in [5, 5.41) is 4.81. The third-order valence-electron chi connectivity index (χ3n) is 5.61. The van der Waals surface area contributed by atoms with Crippen molar-refractivity contribution in [3.8, 4) is 16.9 Å². The second-order valence-electron chi connectivity index (χ2n) is 7.86. The van der Waals surface area contributed by atoms with E-state index >= 15 is 0 Å². The van der Waals surface area contributed by atoms with Gasteiger partial charge in [-0.15, -0.1) is 11.3 Å². The van der Waals surface area contributed by atoms with Gasteiger partial charge in [-0.25, -0.2) is 9.07 Å². The van der Waals surface area contributed by atoms with Crippen molar-refractivity contribution in [1.82, 2.24) is 19.6 Å². The third-order valence-corrected chi connectivity index (χ3v) is 6.58. The first-order chi connectivity index (χ1) is 14.4. The van der Waals surface area contributed by atoms with Gasteiger partial charge >= 0.3 is 0 Å². The zero-order chi connectivity index (χ0) is 21.3. The fourth-order valence-corrected chi connectivity index (χ4v) is 4.99. The summed E-state index contributed by atoms with van der Waals surface area (Å²) in [5.41, 5.74) is 3.55. The highest BCUT2D eigenvalue weighted by Gasteiger charge is 2.21. The molecular weight excluding hydrogens is 399 g/mol. The number of halogens is 1. The molecule has 0 spiro atoms. The van der Waals surface area contributed by atoms with Gasteiger partial charge < -0.3 is 4.90 Å². The van der Waals surface area contributed by atoms with E-state index in [1.807, 2.05) is 17.2 Å². The number of para-hydroxylation sites is 1. The van der Waals surface area contributed by atoms with Gasteiger partial charge in [0.25, 0.3) is 0 Å². The average molecular weight is 427 g/mol. The first kappa shape index (κ1) is 20.8. The van der Waals surface area contributed by atoms with Crippen LogP contribution in [0, 0.1) is 19.7 Å². The van der Waals surface area contributed by atoms with Gasteiger partial charge in [0.15, 0.2) is 0 Å². The van der Waals surface area contributed by atoms with Crippen LogP contribution in [-0.2, 0) is 11.3 Å². The van der Waals surface area contributed by atoms with Crippen LogP contribution in [0.2, 0.25) is 0 Å². The minimum atomic E-state index is -0.289. The lowest BCUT2D eigenvalue weighted by atomic mass is 10.1. The number of carbonyl (C=O) groups is 1. The molecule has 0 unspecified atom stereocenters. The van der Waals surface area contributed by atoms with Crippen LogP contribution in [-0.4, -0.2) is 51.7 Å². The SMILES string of the molecule is CC(=O)N1CCCN(Cc2cn(-c3ccccc3F)nc2-c2cc(C)sc2C)CC1. The van der Waals surface area contributed by atoms with Gasteiger partial charge in [-0.3, -0.25) is 9.69 Å². The first-order valence-corrected chi connectivity index (χ1v) is 11.1. The van der Waals surface area contributed by atoms with E-state index in [9.17, 15) is 9.18 Å². The van der Waals surface area contributed by atoms with Gasteiger partial charge in [-0.2, -0.15) is 5.10 Å². The monoisotopic (exact) mass is 426 g/mol. The Labute approximate surface area is 180 Å². The van der Waals surface area contributed by atoms with Crippen LogP contribution < -0.4 is 0 Å². The zero-order valence-electron chi connectivity index (χ0n) is 17.7. The molecule has 1 saturated heterocycles. The number of nitrogens with zero attached hydrogens (tertiary/aromatic N) is 4. The number of carbonyl (C=O) groups excluding carboxylic acids is 1. The number of amides is 1. The quantitative estimate of drug-likeness (QED) is 0.621. The molecule has 0 N–H and O–H groups in total. The molecule has 0 bridgehead atoms. The maximum Gasteiger partial charge on any atom is 0.219 e. The number of aryl methyl sites for hydroxylation is 2. The van der Waals surface area contributed by atoms with Crippen LogP contribution in [0.25, 0.3) is 16.9 Å². The van der Waals surface area contributed by atoms with Gasteiger partial charge in [-0.1, -0.05) is 12.1 Å². The molecule has 158 valence electrons. The van der Waals surface area contributed by atoms with E-state index in [0.717, 1.165) is 56.0 Å². The molecule has 1 aliphatic heterocycles. The second kappa shape index (κ2) is 8.70. The van der Waals surface area contributed by atoms with Crippen molar-refractivity contribution in [2.45, 2.75) is 33.7 Å². The molecule has 2 aromatic heterocycles. The number of rotatable bonds is 4. The molecule has 3 aromatic rings. The van der Waals surface area contributed by atoms with Gasteiger partial charge in [0.05, 0.1) is 5.69 Å². The van der Waals surface area contributed by atoms with E-state index in [0.29, 0.717) is 5.69 Å². The summed E-state index contributed by atoms with van der Waals surface area (Å²) in [7, 11) is 0. The Morgan fingerprint density at radius 1 is 1.17 bits per heavy atom. The Morgan fingerprint density at radius 2 is 1.97 bits per heavy atom. The van der Waals surface area contributed by atoms with Gasteiger partial charge in [-0.05, 0) is 38.5 Å². The zero-order valence-corrected chi connectivity index (χ0v) is 18.5. The predicted molar refractivity (Wildman–Crippen MR) is 118 cm³/mol. The fraction of sp³-hybridized carbons (Fsp3) is 0.391. The van der Waals surface area contributed by atoms with Crippen molar-refractivity contribution < 1.29 is 9.18 Å². The molecule has 30 heavy (non-hydrogen) atoms. The fourth-order valence-electron chi connectivity index (χ4n) is 4.06.